The summed E-state index contributed by atoms with van der Waals surface area (Å²) in [6, 6.07) is 9.11. The first-order chi connectivity index (χ1) is 9.97. The minimum atomic E-state index is -0.423. The van der Waals surface area contributed by atoms with Gasteiger partial charge in [0.05, 0.1) is 6.04 Å². The summed E-state index contributed by atoms with van der Waals surface area (Å²) in [5, 5.41) is 0. The van der Waals surface area contributed by atoms with Crippen LogP contribution in [0.1, 0.15) is 39.7 Å². The Morgan fingerprint density at radius 1 is 1.19 bits per heavy atom. The molecular weight excluding hydrogens is 266 g/mol. The summed E-state index contributed by atoms with van der Waals surface area (Å²) in [4.78, 5) is 25.7. The SMILES string of the molecule is CCCN(C(=O)OCc1ccccc1)C(C(C)=O)C(C)C. The van der Waals surface area contributed by atoms with Gasteiger partial charge >= 0.3 is 6.09 Å². The van der Waals surface area contributed by atoms with Gasteiger partial charge in [-0.15, -0.1) is 0 Å². The third kappa shape index (κ3) is 5.21. The molecule has 0 aliphatic heterocycles. The van der Waals surface area contributed by atoms with Crippen LogP contribution in [-0.4, -0.2) is 29.4 Å². The monoisotopic (exact) mass is 291 g/mol. The van der Waals surface area contributed by atoms with Gasteiger partial charge in [-0.05, 0) is 24.8 Å². The molecule has 0 heterocycles. The molecule has 1 atom stereocenters. The predicted octanol–water partition coefficient (Wildman–Crippen LogP) is 3.65. The van der Waals surface area contributed by atoms with Crippen LogP contribution in [0.3, 0.4) is 0 Å². The maximum atomic E-state index is 12.3. The zero-order valence-electron chi connectivity index (χ0n) is 13.3. The Bertz CT molecular complexity index is 456. The van der Waals surface area contributed by atoms with Crippen LogP contribution in [-0.2, 0) is 16.1 Å². The van der Waals surface area contributed by atoms with Gasteiger partial charge in [0, 0.05) is 6.54 Å². The fourth-order valence-electron chi connectivity index (χ4n) is 2.44. The number of hydrogen-bond acceptors (Lipinski definition) is 3. The first-order valence-corrected chi connectivity index (χ1v) is 7.45. The number of amides is 1. The molecule has 0 aromatic heterocycles. The van der Waals surface area contributed by atoms with Crippen molar-refractivity contribution in [1.82, 2.24) is 4.90 Å². The third-order valence-electron chi connectivity index (χ3n) is 3.29. The average molecular weight is 291 g/mol. The summed E-state index contributed by atoms with van der Waals surface area (Å²) in [6.45, 7) is 8.14. The maximum Gasteiger partial charge on any atom is 0.410 e. The van der Waals surface area contributed by atoms with Gasteiger partial charge in [0.25, 0.3) is 0 Å². The smallest absolute Gasteiger partial charge is 0.410 e. The van der Waals surface area contributed by atoms with Gasteiger partial charge in [0.2, 0.25) is 0 Å². The van der Waals surface area contributed by atoms with E-state index in [9.17, 15) is 9.59 Å². The van der Waals surface area contributed by atoms with Crippen LogP contribution >= 0.6 is 0 Å². The second-order valence-corrected chi connectivity index (χ2v) is 5.53. The van der Waals surface area contributed by atoms with E-state index in [0.717, 1.165) is 12.0 Å². The second-order valence-electron chi connectivity index (χ2n) is 5.53. The molecule has 21 heavy (non-hydrogen) atoms. The molecule has 1 aromatic rings. The van der Waals surface area contributed by atoms with Crippen LogP contribution in [0.2, 0.25) is 0 Å². The first kappa shape index (κ1) is 17.2. The Hall–Kier alpha value is -1.84. The molecule has 0 radical (unpaired) electrons. The Morgan fingerprint density at radius 2 is 1.81 bits per heavy atom. The molecule has 1 unspecified atom stereocenters. The molecule has 0 spiro atoms. The van der Waals surface area contributed by atoms with E-state index in [1.807, 2.05) is 51.1 Å². The molecule has 4 nitrogen and oxygen atoms in total. The van der Waals surface area contributed by atoms with E-state index >= 15 is 0 Å². The number of hydrogen-bond donors (Lipinski definition) is 0. The quantitative estimate of drug-likeness (QED) is 0.770. The zero-order valence-corrected chi connectivity index (χ0v) is 13.3. The summed E-state index contributed by atoms with van der Waals surface area (Å²) in [7, 11) is 0. The number of ketones is 1. The van der Waals surface area contributed by atoms with E-state index < -0.39 is 12.1 Å². The number of benzene rings is 1. The normalized spacial score (nSPS) is 12.0. The fourth-order valence-corrected chi connectivity index (χ4v) is 2.44. The van der Waals surface area contributed by atoms with Crippen molar-refractivity contribution in [1.29, 1.82) is 0 Å². The van der Waals surface area contributed by atoms with Gasteiger partial charge in [-0.25, -0.2) is 4.79 Å². The lowest BCUT2D eigenvalue weighted by Crippen LogP contribution is -2.47. The third-order valence-corrected chi connectivity index (χ3v) is 3.29. The van der Waals surface area contributed by atoms with Gasteiger partial charge in [-0.2, -0.15) is 0 Å². The number of carbonyl (C=O) groups excluding carboxylic acids is 2. The van der Waals surface area contributed by atoms with Crippen molar-refractivity contribution in [2.45, 2.75) is 46.8 Å². The molecule has 0 saturated carbocycles. The van der Waals surface area contributed by atoms with Gasteiger partial charge in [0.15, 0.2) is 5.78 Å². The number of carbonyl (C=O) groups is 2. The molecule has 0 aliphatic rings. The standard InChI is InChI=1S/C17H25NO3/c1-5-11-18(16(13(2)3)14(4)19)17(20)21-12-15-9-7-6-8-10-15/h6-10,13,16H,5,11-12H2,1-4H3. The van der Waals surface area contributed by atoms with E-state index in [1.165, 1.54) is 6.92 Å². The Morgan fingerprint density at radius 3 is 2.29 bits per heavy atom. The molecule has 0 fully saturated rings. The van der Waals surface area contributed by atoms with Gasteiger partial charge in [0.1, 0.15) is 6.61 Å². The second kappa shape index (κ2) is 8.45. The molecule has 4 heteroatoms. The van der Waals surface area contributed by atoms with E-state index in [2.05, 4.69) is 0 Å². The Balaban J connectivity index is 2.74. The summed E-state index contributed by atoms with van der Waals surface area (Å²) < 4.78 is 5.36. The van der Waals surface area contributed by atoms with Crippen LogP contribution in [0.4, 0.5) is 4.79 Å². The van der Waals surface area contributed by atoms with E-state index in [4.69, 9.17) is 4.74 Å². The molecule has 1 aromatic carbocycles. The number of nitrogens with zero attached hydrogens (tertiary/aromatic N) is 1. The molecule has 0 N–H and O–H groups in total. The van der Waals surface area contributed by atoms with Crippen molar-refractivity contribution >= 4 is 11.9 Å². The summed E-state index contributed by atoms with van der Waals surface area (Å²) in [5.41, 5.74) is 0.936. The van der Waals surface area contributed by atoms with Gasteiger partial charge < -0.3 is 4.74 Å². The van der Waals surface area contributed by atoms with E-state index in [-0.39, 0.29) is 18.3 Å². The van der Waals surface area contributed by atoms with Crippen LogP contribution in [0.15, 0.2) is 30.3 Å². The highest BCUT2D eigenvalue weighted by atomic mass is 16.6. The van der Waals surface area contributed by atoms with Crippen molar-refractivity contribution < 1.29 is 14.3 Å². The molecule has 116 valence electrons. The lowest BCUT2D eigenvalue weighted by Gasteiger charge is -2.31. The van der Waals surface area contributed by atoms with Crippen LogP contribution < -0.4 is 0 Å². The highest BCUT2D eigenvalue weighted by Gasteiger charge is 2.30. The molecule has 0 bridgehead atoms. The molecular formula is C17H25NO3. The molecule has 0 saturated heterocycles. The minimum Gasteiger partial charge on any atom is -0.445 e. The fraction of sp³-hybridized carbons (Fsp3) is 0.529. The Labute approximate surface area is 127 Å². The number of Topliss-reactive ketones (excluding diaryl/α,β-unsaturated/α-hetero) is 1. The van der Waals surface area contributed by atoms with Crippen molar-refractivity contribution in [2.75, 3.05) is 6.54 Å². The van der Waals surface area contributed by atoms with Gasteiger partial charge in [-0.3, -0.25) is 9.69 Å². The molecule has 0 aliphatic carbocycles. The zero-order chi connectivity index (χ0) is 15.8. The lowest BCUT2D eigenvalue weighted by atomic mass is 9.99. The minimum absolute atomic E-state index is 0.00453. The van der Waals surface area contributed by atoms with Crippen molar-refractivity contribution in [2.24, 2.45) is 5.92 Å². The summed E-state index contributed by atoms with van der Waals surface area (Å²) >= 11 is 0. The largest absolute Gasteiger partial charge is 0.445 e. The first-order valence-electron chi connectivity index (χ1n) is 7.45. The highest BCUT2D eigenvalue weighted by Crippen LogP contribution is 2.15. The highest BCUT2D eigenvalue weighted by molar-refractivity contribution is 5.85. The maximum absolute atomic E-state index is 12.3. The van der Waals surface area contributed by atoms with Crippen LogP contribution in [0, 0.1) is 5.92 Å². The summed E-state index contributed by atoms with van der Waals surface area (Å²) in [6.07, 6.45) is 0.367. The van der Waals surface area contributed by atoms with Crippen molar-refractivity contribution in [3.8, 4) is 0 Å². The van der Waals surface area contributed by atoms with E-state index in [1.54, 1.807) is 4.90 Å². The topological polar surface area (TPSA) is 46.6 Å². The van der Waals surface area contributed by atoms with E-state index in [0.29, 0.717) is 6.54 Å². The Kier molecular flexibility index (Phi) is 6.92. The molecule has 1 amide bonds. The number of rotatable bonds is 7. The lowest BCUT2D eigenvalue weighted by molar-refractivity contribution is -0.123. The number of ether oxygens (including phenoxy) is 1. The van der Waals surface area contributed by atoms with Crippen LogP contribution in [0.5, 0.6) is 0 Å². The van der Waals surface area contributed by atoms with Crippen molar-refractivity contribution in [3.63, 3.8) is 0 Å². The average Bonchev–Trinajstić information content (AvgIpc) is 2.44. The summed E-state index contributed by atoms with van der Waals surface area (Å²) in [5.74, 6) is 0.0634. The van der Waals surface area contributed by atoms with Crippen molar-refractivity contribution in [3.05, 3.63) is 35.9 Å². The molecule has 1 rings (SSSR count). The van der Waals surface area contributed by atoms with Gasteiger partial charge in [-0.1, -0.05) is 51.1 Å². The predicted molar refractivity (Wildman–Crippen MR) is 82.9 cm³/mol. The van der Waals surface area contributed by atoms with Crippen LogP contribution in [0.25, 0.3) is 0 Å².